The van der Waals surface area contributed by atoms with Crippen LogP contribution in [-0.4, -0.2) is 48.5 Å². The molecular formula is C24H25F2N3O5. The van der Waals surface area contributed by atoms with Crippen LogP contribution >= 0.6 is 0 Å². The van der Waals surface area contributed by atoms with E-state index in [-0.39, 0.29) is 24.0 Å². The number of nitrogens with one attached hydrogen (secondary N) is 1. The molecule has 3 aromatic rings. The highest BCUT2D eigenvalue weighted by Crippen LogP contribution is 2.29. The number of rotatable bonds is 10. The first-order chi connectivity index (χ1) is 16.3. The van der Waals surface area contributed by atoms with Gasteiger partial charge in [-0.2, -0.15) is 13.9 Å². The molecule has 0 spiro atoms. The second kappa shape index (κ2) is 11.3. The molecule has 0 atom stereocenters. The number of ether oxygens (including phenoxy) is 3. The first-order valence-electron chi connectivity index (χ1n) is 10.6. The van der Waals surface area contributed by atoms with Gasteiger partial charge in [0, 0.05) is 12.1 Å². The summed E-state index contributed by atoms with van der Waals surface area (Å²) in [6.45, 7) is 1.10. The van der Waals surface area contributed by atoms with Gasteiger partial charge in [0.15, 0.2) is 11.5 Å². The number of aromatic nitrogens is 2. The van der Waals surface area contributed by atoms with Gasteiger partial charge in [-0.15, -0.1) is 0 Å². The van der Waals surface area contributed by atoms with Gasteiger partial charge in [-0.3, -0.25) is 4.79 Å². The van der Waals surface area contributed by atoms with Gasteiger partial charge < -0.3 is 19.5 Å². The van der Waals surface area contributed by atoms with Crippen molar-refractivity contribution in [3.8, 4) is 17.2 Å². The summed E-state index contributed by atoms with van der Waals surface area (Å²) in [6.07, 6.45) is 1.86. The summed E-state index contributed by atoms with van der Waals surface area (Å²) in [4.78, 5) is 24.5. The molecule has 8 nitrogen and oxygen atoms in total. The fourth-order valence-corrected chi connectivity index (χ4v) is 3.32. The normalized spacial score (nSPS) is 10.8. The van der Waals surface area contributed by atoms with Gasteiger partial charge in [0.05, 0.1) is 31.3 Å². The van der Waals surface area contributed by atoms with Crippen LogP contribution in [0.3, 0.4) is 0 Å². The fraction of sp³-hybridized carbons (Fsp3) is 0.292. The topological polar surface area (TPSA) is 91.7 Å². The molecule has 0 saturated carbocycles. The minimum absolute atomic E-state index is 0.0584. The molecule has 1 aromatic heterocycles. The van der Waals surface area contributed by atoms with Gasteiger partial charge in [0.2, 0.25) is 0 Å². The number of alkyl halides is 2. The molecule has 0 saturated heterocycles. The summed E-state index contributed by atoms with van der Waals surface area (Å²) in [5.74, 6) is -0.576. The average Bonchev–Trinajstić information content (AvgIpc) is 3.20. The van der Waals surface area contributed by atoms with E-state index in [1.165, 1.54) is 25.4 Å². The third-order valence-corrected chi connectivity index (χ3v) is 5.02. The van der Waals surface area contributed by atoms with Crippen LogP contribution in [0.1, 0.15) is 38.9 Å². The number of hydrogen-bond donors (Lipinski definition) is 1. The molecule has 0 radical (unpaired) electrons. The van der Waals surface area contributed by atoms with Gasteiger partial charge in [0.25, 0.3) is 5.91 Å². The van der Waals surface area contributed by atoms with E-state index in [9.17, 15) is 18.4 Å². The van der Waals surface area contributed by atoms with Crippen molar-refractivity contribution in [3.63, 3.8) is 0 Å². The lowest BCUT2D eigenvalue weighted by molar-refractivity contribution is -0.0512. The molecule has 1 heterocycles. The minimum Gasteiger partial charge on any atom is -0.493 e. The minimum atomic E-state index is -2.96. The van der Waals surface area contributed by atoms with Crippen LogP contribution in [0.4, 0.5) is 8.78 Å². The van der Waals surface area contributed by atoms with Crippen molar-refractivity contribution in [2.45, 2.75) is 26.9 Å². The summed E-state index contributed by atoms with van der Waals surface area (Å²) in [7, 11) is 1.37. The lowest BCUT2D eigenvalue weighted by atomic mass is 10.1. The first kappa shape index (κ1) is 24.7. The molecule has 1 amide bonds. The summed E-state index contributed by atoms with van der Waals surface area (Å²) in [5.41, 5.74) is 2.85. The highest BCUT2D eigenvalue weighted by atomic mass is 19.3. The van der Waals surface area contributed by atoms with E-state index in [4.69, 9.17) is 9.47 Å². The zero-order chi connectivity index (χ0) is 24.7. The Morgan fingerprint density at radius 3 is 2.50 bits per heavy atom. The number of esters is 1. The first-order valence-corrected chi connectivity index (χ1v) is 10.6. The molecule has 0 aliphatic carbocycles. The maximum Gasteiger partial charge on any atom is 0.387 e. The van der Waals surface area contributed by atoms with Crippen LogP contribution in [0.5, 0.6) is 11.5 Å². The molecule has 0 aliphatic rings. The smallest absolute Gasteiger partial charge is 0.387 e. The summed E-state index contributed by atoms with van der Waals surface area (Å²) < 4.78 is 41.3. The highest BCUT2D eigenvalue weighted by molar-refractivity contribution is 5.94. The Morgan fingerprint density at radius 1 is 1.12 bits per heavy atom. The van der Waals surface area contributed by atoms with E-state index in [0.717, 1.165) is 0 Å². The molecule has 3 rings (SSSR count). The van der Waals surface area contributed by atoms with Crippen LogP contribution in [0.2, 0.25) is 0 Å². The van der Waals surface area contributed by atoms with Crippen LogP contribution in [0.25, 0.3) is 5.69 Å². The third-order valence-electron chi connectivity index (χ3n) is 5.02. The van der Waals surface area contributed by atoms with Crippen LogP contribution in [0, 0.1) is 6.92 Å². The van der Waals surface area contributed by atoms with Crippen LogP contribution in [-0.2, 0) is 11.2 Å². The van der Waals surface area contributed by atoms with E-state index in [1.54, 1.807) is 48.9 Å². The standard InChI is InChI=1S/C24H25F2N3O5/c1-4-33-23(31)19-14-28-29(15(19)2)18-8-6-17(7-9-18)22(30)27-12-11-16-5-10-20(32-3)21(13-16)34-24(25)26/h5-10,13-14,24H,4,11-12H2,1-3H3,(H,27,30). The lowest BCUT2D eigenvalue weighted by Crippen LogP contribution is -2.25. The summed E-state index contributed by atoms with van der Waals surface area (Å²) in [5, 5.41) is 7.03. The Labute approximate surface area is 195 Å². The van der Waals surface area contributed by atoms with Gasteiger partial charge in [-0.25, -0.2) is 9.48 Å². The number of nitrogens with zero attached hydrogens (tertiary/aromatic N) is 2. The van der Waals surface area contributed by atoms with Crippen molar-refractivity contribution >= 4 is 11.9 Å². The molecule has 0 unspecified atom stereocenters. The van der Waals surface area contributed by atoms with Gasteiger partial charge in [-0.05, 0) is 62.2 Å². The van der Waals surface area contributed by atoms with Gasteiger partial charge in [-0.1, -0.05) is 6.07 Å². The molecule has 0 bridgehead atoms. The van der Waals surface area contributed by atoms with Crippen molar-refractivity contribution in [3.05, 3.63) is 71.0 Å². The molecule has 0 fully saturated rings. The SMILES string of the molecule is CCOC(=O)c1cnn(-c2ccc(C(=O)NCCc3ccc(OC)c(OC(F)F)c3)cc2)c1C. The maximum atomic E-state index is 12.6. The number of carbonyl (C=O) groups excluding carboxylic acids is 2. The molecule has 10 heteroatoms. The second-order valence-corrected chi connectivity index (χ2v) is 7.19. The highest BCUT2D eigenvalue weighted by Gasteiger charge is 2.16. The number of benzene rings is 2. The lowest BCUT2D eigenvalue weighted by Gasteiger charge is -2.12. The average molecular weight is 473 g/mol. The quantitative estimate of drug-likeness (QED) is 0.449. The number of hydrogen-bond acceptors (Lipinski definition) is 6. The molecule has 34 heavy (non-hydrogen) atoms. The summed E-state index contributed by atoms with van der Waals surface area (Å²) >= 11 is 0. The second-order valence-electron chi connectivity index (χ2n) is 7.19. The Balaban J connectivity index is 1.60. The Kier molecular flexibility index (Phi) is 8.18. The number of amides is 1. The van der Waals surface area contributed by atoms with Gasteiger partial charge in [0.1, 0.15) is 5.56 Å². The van der Waals surface area contributed by atoms with Crippen LogP contribution < -0.4 is 14.8 Å². The molecule has 180 valence electrons. The van der Waals surface area contributed by atoms with E-state index < -0.39 is 12.6 Å². The maximum absolute atomic E-state index is 12.6. The van der Waals surface area contributed by atoms with Gasteiger partial charge >= 0.3 is 12.6 Å². The van der Waals surface area contributed by atoms with Crippen molar-refractivity contribution in [1.29, 1.82) is 0 Å². The predicted octanol–water partition coefficient (Wildman–Crippen LogP) is 3.94. The number of halogens is 2. The zero-order valence-corrected chi connectivity index (χ0v) is 19.0. The predicted molar refractivity (Wildman–Crippen MR) is 120 cm³/mol. The van der Waals surface area contributed by atoms with E-state index in [0.29, 0.717) is 41.0 Å². The van der Waals surface area contributed by atoms with Crippen molar-refractivity contribution in [1.82, 2.24) is 15.1 Å². The molecule has 1 N–H and O–H groups in total. The number of carbonyl (C=O) groups is 2. The summed E-state index contributed by atoms with van der Waals surface area (Å²) in [6, 6.07) is 11.5. The van der Waals surface area contributed by atoms with Crippen molar-refractivity contribution < 1.29 is 32.6 Å². The zero-order valence-electron chi connectivity index (χ0n) is 19.0. The van der Waals surface area contributed by atoms with E-state index >= 15 is 0 Å². The van der Waals surface area contributed by atoms with Crippen molar-refractivity contribution in [2.75, 3.05) is 20.3 Å². The van der Waals surface area contributed by atoms with Crippen molar-refractivity contribution in [2.24, 2.45) is 0 Å². The Hall–Kier alpha value is -3.95. The third kappa shape index (κ3) is 5.89. The fourth-order valence-electron chi connectivity index (χ4n) is 3.32. The molecule has 2 aromatic carbocycles. The van der Waals surface area contributed by atoms with E-state index in [2.05, 4.69) is 15.2 Å². The monoisotopic (exact) mass is 473 g/mol. The van der Waals surface area contributed by atoms with E-state index in [1.807, 2.05) is 0 Å². The molecular weight excluding hydrogens is 448 g/mol. The van der Waals surface area contributed by atoms with Crippen LogP contribution in [0.15, 0.2) is 48.7 Å². The number of methoxy groups -OCH3 is 1. The Bertz CT molecular complexity index is 1150. The Morgan fingerprint density at radius 2 is 1.85 bits per heavy atom. The molecule has 0 aliphatic heterocycles. The largest absolute Gasteiger partial charge is 0.493 e.